The molecule has 41 heavy (non-hydrogen) atoms. The number of halogens is 1. The fraction of sp³-hybridized carbons (Fsp3) is 0.483. The van der Waals surface area contributed by atoms with Crippen molar-refractivity contribution in [1.82, 2.24) is 40.0 Å². The number of fused-ring (bicyclic) bond motifs is 1. The largest absolute Gasteiger partial charge is 0.444 e. The molecule has 12 heteroatoms. The molecule has 4 aromatic rings. The molecule has 1 aliphatic rings. The number of likely N-dealkylation sites (tertiary alicyclic amines) is 1. The summed E-state index contributed by atoms with van der Waals surface area (Å²) in [5, 5.41) is 17.4. The van der Waals surface area contributed by atoms with E-state index in [0.717, 1.165) is 49.3 Å². The van der Waals surface area contributed by atoms with Crippen molar-refractivity contribution in [2.75, 3.05) is 6.54 Å². The first-order valence-corrected chi connectivity index (χ1v) is 14.5. The summed E-state index contributed by atoms with van der Waals surface area (Å²) in [5.74, 6) is -0.242. The monoisotopic (exact) mass is 624 g/mol. The summed E-state index contributed by atoms with van der Waals surface area (Å²) in [6, 6.07) is 5.18. The topological polar surface area (TPSA) is 123 Å². The first-order valence-electron chi connectivity index (χ1n) is 13.8. The number of carbonyl (C=O) groups excluding carboxylic acids is 2. The highest BCUT2D eigenvalue weighted by Crippen LogP contribution is 2.30. The van der Waals surface area contributed by atoms with E-state index in [1.54, 1.807) is 4.68 Å². The van der Waals surface area contributed by atoms with Crippen molar-refractivity contribution < 1.29 is 14.3 Å². The highest BCUT2D eigenvalue weighted by Gasteiger charge is 2.42. The number of benzene rings is 1. The molecule has 5 rings (SSSR count). The number of aromatic nitrogens is 6. The van der Waals surface area contributed by atoms with E-state index in [1.807, 2.05) is 70.6 Å². The number of amides is 2. The average Bonchev–Trinajstić information content (AvgIpc) is 3.66. The van der Waals surface area contributed by atoms with Crippen LogP contribution in [0.5, 0.6) is 0 Å². The SMILES string of the molecule is Cc1nn(Cc2cn(C3C[C@H](C(=O)NCc4cc5cc(Br)cc(C)c5[nH]4)N(C(=O)OC(C)(C)C)C3)nn2)c(C)c1C. The maximum Gasteiger partial charge on any atom is 0.411 e. The summed E-state index contributed by atoms with van der Waals surface area (Å²) in [4.78, 5) is 31.6. The Morgan fingerprint density at radius 1 is 1.17 bits per heavy atom. The van der Waals surface area contributed by atoms with Crippen LogP contribution in [0.3, 0.4) is 0 Å². The van der Waals surface area contributed by atoms with Gasteiger partial charge in [0.15, 0.2) is 0 Å². The van der Waals surface area contributed by atoms with Gasteiger partial charge in [0.2, 0.25) is 5.91 Å². The first kappa shape index (κ1) is 28.8. The van der Waals surface area contributed by atoms with Crippen LogP contribution in [0.2, 0.25) is 0 Å². The van der Waals surface area contributed by atoms with E-state index in [2.05, 4.69) is 48.6 Å². The van der Waals surface area contributed by atoms with Crippen LogP contribution in [0, 0.1) is 27.7 Å². The van der Waals surface area contributed by atoms with Gasteiger partial charge in [-0.2, -0.15) is 5.10 Å². The fourth-order valence-corrected chi connectivity index (χ4v) is 5.86. The molecule has 11 nitrogen and oxygen atoms in total. The van der Waals surface area contributed by atoms with Gasteiger partial charge in [0.05, 0.1) is 31.0 Å². The van der Waals surface area contributed by atoms with E-state index in [-0.39, 0.29) is 18.5 Å². The Balaban J connectivity index is 1.32. The zero-order valence-corrected chi connectivity index (χ0v) is 26.2. The van der Waals surface area contributed by atoms with E-state index >= 15 is 0 Å². The molecule has 1 saturated heterocycles. The normalized spacial score (nSPS) is 17.4. The summed E-state index contributed by atoms with van der Waals surface area (Å²) in [6.45, 7) is 14.6. The van der Waals surface area contributed by atoms with Gasteiger partial charge < -0.3 is 15.0 Å². The van der Waals surface area contributed by atoms with E-state index in [0.29, 0.717) is 19.5 Å². The second-order valence-corrected chi connectivity index (χ2v) is 12.8. The second-order valence-electron chi connectivity index (χ2n) is 11.9. The lowest BCUT2D eigenvalue weighted by atomic mass is 10.1. The van der Waals surface area contributed by atoms with Crippen molar-refractivity contribution in [3.63, 3.8) is 0 Å². The van der Waals surface area contributed by atoms with Crippen molar-refractivity contribution >= 4 is 38.8 Å². The van der Waals surface area contributed by atoms with E-state index in [1.165, 1.54) is 4.90 Å². The van der Waals surface area contributed by atoms with Gasteiger partial charge in [-0.15, -0.1) is 5.10 Å². The number of nitrogens with one attached hydrogen (secondary N) is 2. The molecule has 0 spiro atoms. The Kier molecular flexibility index (Phi) is 7.71. The van der Waals surface area contributed by atoms with Gasteiger partial charge in [-0.3, -0.25) is 14.4 Å². The molecular formula is C29H37BrN8O3. The van der Waals surface area contributed by atoms with Gasteiger partial charge in [-0.1, -0.05) is 21.1 Å². The Bertz CT molecular complexity index is 1610. The standard InChI is InChI=1S/C29H37BrN8O3/c1-16-8-21(30)9-20-10-22(32-26(16)20)12-31-27(39)25-11-24(15-36(25)28(40)41-29(5,6)7)38-14-23(33-35-38)13-37-19(4)17(2)18(3)34-37/h8-10,14,24-25,32H,11-13,15H2,1-7H3,(H,31,39)/t24?,25-/m1/s1. The molecule has 218 valence electrons. The Labute approximate surface area is 247 Å². The number of hydrogen-bond acceptors (Lipinski definition) is 6. The molecule has 0 radical (unpaired) electrons. The Morgan fingerprint density at radius 2 is 1.93 bits per heavy atom. The van der Waals surface area contributed by atoms with Crippen LogP contribution in [0.1, 0.15) is 67.1 Å². The molecule has 1 aromatic carbocycles. The molecule has 3 aromatic heterocycles. The number of hydrogen-bond donors (Lipinski definition) is 2. The highest BCUT2D eigenvalue weighted by atomic mass is 79.9. The number of rotatable bonds is 6. The van der Waals surface area contributed by atoms with Gasteiger partial charge in [0.25, 0.3) is 0 Å². The predicted octanol–water partition coefficient (Wildman–Crippen LogP) is 4.87. The minimum absolute atomic E-state index is 0.227. The van der Waals surface area contributed by atoms with E-state index in [9.17, 15) is 9.59 Å². The molecule has 0 saturated carbocycles. The maximum atomic E-state index is 13.5. The van der Waals surface area contributed by atoms with Crippen LogP contribution < -0.4 is 5.32 Å². The molecule has 0 bridgehead atoms. The van der Waals surface area contributed by atoms with Crippen molar-refractivity contribution in [3.05, 3.63) is 62.8 Å². The fourth-order valence-electron chi connectivity index (χ4n) is 5.27. The molecule has 0 aliphatic carbocycles. The van der Waals surface area contributed by atoms with Crippen LogP contribution in [0.15, 0.2) is 28.9 Å². The predicted molar refractivity (Wildman–Crippen MR) is 159 cm³/mol. The lowest BCUT2D eigenvalue weighted by molar-refractivity contribution is -0.125. The summed E-state index contributed by atoms with van der Waals surface area (Å²) in [6.07, 6.45) is 1.74. The van der Waals surface area contributed by atoms with Crippen molar-refractivity contribution in [3.8, 4) is 0 Å². The molecule has 1 unspecified atom stereocenters. The maximum absolute atomic E-state index is 13.5. The second kappa shape index (κ2) is 11.0. The number of carbonyl (C=O) groups is 2. The summed E-state index contributed by atoms with van der Waals surface area (Å²) < 4.78 is 10.3. The van der Waals surface area contributed by atoms with Crippen LogP contribution in [-0.4, -0.2) is 64.8 Å². The molecule has 2 atom stereocenters. The molecule has 1 aliphatic heterocycles. The molecule has 2 amide bonds. The summed E-state index contributed by atoms with van der Waals surface area (Å²) >= 11 is 3.54. The first-order chi connectivity index (χ1) is 19.3. The lowest BCUT2D eigenvalue weighted by Gasteiger charge is -2.27. The number of H-pyrrole nitrogens is 1. The van der Waals surface area contributed by atoms with Gasteiger partial charge in [-0.05, 0) is 77.8 Å². The lowest BCUT2D eigenvalue weighted by Crippen LogP contribution is -2.47. The number of aromatic amines is 1. The average molecular weight is 626 g/mol. The minimum Gasteiger partial charge on any atom is -0.444 e. The Hall–Kier alpha value is -3.67. The van der Waals surface area contributed by atoms with Gasteiger partial charge >= 0.3 is 6.09 Å². The third-order valence-electron chi connectivity index (χ3n) is 7.60. The zero-order valence-electron chi connectivity index (χ0n) is 24.6. The van der Waals surface area contributed by atoms with E-state index < -0.39 is 17.7 Å². The number of aryl methyl sites for hydroxylation is 2. The number of ether oxygens (including phenoxy) is 1. The molecular weight excluding hydrogens is 588 g/mol. The van der Waals surface area contributed by atoms with Crippen LogP contribution in [-0.2, 0) is 22.6 Å². The number of nitrogens with zero attached hydrogens (tertiary/aromatic N) is 6. The minimum atomic E-state index is -0.707. The third-order valence-corrected chi connectivity index (χ3v) is 8.05. The quantitative estimate of drug-likeness (QED) is 0.316. The third kappa shape index (κ3) is 6.17. The van der Waals surface area contributed by atoms with Gasteiger partial charge in [-0.25, -0.2) is 9.48 Å². The van der Waals surface area contributed by atoms with Crippen molar-refractivity contribution in [1.29, 1.82) is 0 Å². The Morgan fingerprint density at radius 3 is 2.61 bits per heavy atom. The van der Waals surface area contributed by atoms with Crippen LogP contribution in [0.25, 0.3) is 10.9 Å². The van der Waals surface area contributed by atoms with Crippen LogP contribution >= 0.6 is 15.9 Å². The van der Waals surface area contributed by atoms with Gasteiger partial charge in [0.1, 0.15) is 17.3 Å². The smallest absolute Gasteiger partial charge is 0.411 e. The molecule has 1 fully saturated rings. The summed E-state index contributed by atoms with van der Waals surface area (Å²) in [5.41, 5.74) is 6.33. The molecule has 4 heterocycles. The van der Waals surface area contributed by atoms with Crippen molar-refractivity contribution in [2.45, 2.75) is 85.7 Å². The molecule has 2 N–H and O–H groups in total. The van der Waals surface area contributed by atoms with Gasteiger partial charge in [0, 0.05) is 39.7 Å². The van der Waals surface area contributed by atoms with Crippen LogP contribution in [0.4, 0.5) is 4.79 Å². The zero-order chi connectivity index (χ0) is 29.6. The summed E-state index contributed by atoms with van der Waals surface area (Å²) in [7, 11) is 0. The van der Waals surface area contributed by atoms with Crippen molar-refractivity contribution in [2.24, 2.45) is 0 Å². The van der Waals surface area contributed by atoms with E-state index in [4.69, 9.17) is 4.74 Å². The highest BCUT2D eigenvalue weighted by molar-refractivity contribution is 9.10.